The van der Waals surface area contributed by atoms with E-state index >= 15 is 0 Å². The quantitative estimate of drug-likeness (QED) is 0.849. The molecule has 1 aromatic carbocycles. The van der Waals surface area contributed by atoms with Gasteiger partial charge in [-0.25, -0.2) is 18.1 Å². The number of aryl methyl sites for hydroxylation is 1. The van der Waals surface area contributed by atoms with E-state index in [2.05, 4.69) is 14.6 Å². The van der Waals surface area contributed by atoms with Gasteiger partial charge in [-0.2, -0.15) is 0 Å². The van der Waals surface area contributed by atoms with Crippen LogP contribution in [0.5, 0.6) is 5.75 Å². The standard InChI is InChI=1S/C16H21N3O3S2/c1-12-10-14(22-2)5-6-15(12)24(20,21)18-11-13-4-3-8-19(13)16-17-7-9-23-16/h5-7,9-10,13,18H,3-4,8,11H2,1-2H3. The van der Waals surface area contributed by atoms with Gasteiger partial charge in [0.2, 0.25) is 10.0 Å². The molecule has 1 fully saturated rings. The average Bonchev–Trinajstić information content (AvgIpc) is 3.23. The fourth-order valence-electron chi connectivity index (χ4n) is 2.99. The van der Waals surface area contributed by atoms with Crippen LogP contribution in [0.3, 0.4) is 0 Å². The maximum Gasteiger partial charge on any atom is 0.240 e. The molecule has 3 rings (SSSR count). The number of thiazole rings is 1. The molecule has 1 unspecified atom stereocenters. The predicted octanol–water partition coefficient (Wildman–Crippen LogP) is 2.41. The molecule has 2 heterocycles. The van der Waals surface area contributed by atoms with Gasteiger partial charge < -0.3 is 9.64 Å². The first-order valence-electron chi connectivity index (χ1n) is 7.82. The van der Waals surface area contributed by atoms with Crippen LogP contribution in [-0.4, -0.2) is 39.6 Å². The van der Waals surface area contributed by atoms with Crippen LogP contribution in [0.15, 0.2) is 34.7 Å². The van der Waals surface area contributed by atoms with E-state index in [0.29, 0.717) is 22.8 Å². The van der Waals surface area contributed by atoms with E-state index in [-0.39, 0.29) is 6.04 Å². The van der Waals surface area contributed by atoms with Gasteiger partial charge in [0.15, 0.2) is 5.13 Å². The first-order valence-corrected chi connectivity index (χ1v) is 10.2. The number of benzene rings is 1. The number of ether oxygens (including phenoxy) is 1. The third-order valence-corrected chi connectivity index (χ3v) is 6.62. The van der Waals surface area contributed by atoms with Crippen molar-refractivity contribution < 1.29 is 13.2 Å². The lowest BCUT2D eigenvalue weighted by molar-refractivity contribution is 0.414. The Morgan fingerprint density at radius 3 is 2.96 bits per heavy atom. The van der Waals surface area contributed by atoms with Crippen molar-refractivity contribution in [3.63, 3.8) is 0 Å². The molecule has 0 saturated carbocycles. The lowest BCUT2D eigenvalue weighted by Gasteiger charge is -2.24. The Morgan fingerprint density at radius 1 is 1.46 bits per heavy atom. The summed E-state index contributed by atoms with van der Waals surface area (Å²) in [6.45, 7) is 3.07. The van der Waals surface area contributed by atoms with Crippen LogP contribution < -0.4 is 14.4 Å². The largest absolute Gasteiger partial charge is 0.497 e. The molecule has 8 heteroatoms. The summed E-state index contributed by atoms with van der Waals surface area (Å²) in [5.41, 5.74) is 0.671. The second-order valence-corrected chi connectivity index (χ2v) is 8.40. The van der Waals surface area contributed by atoms with E-state index in [0.717, 1.165) is 24.5 Å². The molecule has 1 N–H and O–H groups in total. The van der Waals surface area contributed by atoms with Crippen LogP contribution in [0.25, 0.3) is 0 Å². The van der Waals surface area contributed by atoms with Crippen molar-refractivity contribution in [2.75, 3.05) is 25.1 Å². The van der Waals surface area contributed by atoms with Gasteiger partial charge in [-0.3, -0.25) is 0 Å². The predicted molar refractivity (Wildman–Crippen MR) is 95.4 cm³/mol. The van der Waals surface area contributed by atoms with Gasteiger partial charge >= 0.3 is 0 Å². The molecular formula is C16H21N3O3S2. The highest BCUT2D eigenvalue weighted by atomic mass is 32.2. The van der Waals surface area contributed by atoms with Gasteiger partial charge in [0, 0.05) is 30.7 Å². The van der Waals surface area contributed by atoms with Crippen molar-refractivity contribution in [2.45, 2.75) is 30.7 Å². The highest BCUT2D eigenvalue weighted by molar-refractivity contribution is 7.89. The highest BCUT2D eigenvalue weighted by Gasteiger charge is 2.28. The van der Waals surface area contributed by atoms with Crippen molar-refractivity contribution in [1.29, 1.82) is 0 Å². The summed E-state index contributed by atoms with van der Waals surface area (Å²) < 4.78 is 33.1. The fourth-order valence-corrected chi connectivity index (χ4v) is 5.03. The molecule has 0 spiro atoms. The first-order chi connectivity index (χ1) is 11.5. The van der Waals surface area contributed by atoms with E-state index in [9.17, 15) is 8.42 Å². The minimum absolute atomic E-state index is 0.143. The van der Waals surface area contributed by atoms with Gasteiger partial charge in [-0.05, 0) is 43.5 Å². The SMILES string of the molecule is COc1ccc(S(=O)(=O)NCC2CCCN2c2nccs2)c(C)c1. The summed E-state index contributed by atoms with van der Waals surface area (Å²) in [6.07, 6.45) is 3.79. The number of hydrogen-bond donors (Lipinski definition) is 1. The Balaban J connectivity index is 1.71. The Bertz CT molecular complexity index is 791. The number of hydrogen-bond acceptors (Lipinski definition) is 6. The number of rotatable bonds is 6. The molecule has 0 radical (unpaired) electrons. The number of nitrogens with zero attached hydrogens (tertiary/aromatic N) is 2. The summed E-state index contributed by atoms with van der Waals surface area (Å²) in [5.74, 6) is 0.650. The van der Waals surface area contributed by atoms with E-state index in [4.69, 9.17) is 4.74 Å². The zero-order chi connectivity index (χ0) is 17.2. The van der Waals surface area contributed by atoms with Gasteiger partial charge in [0.1, 0.15) is 5.75 Å². The Kier molecular flexibility index (Phi) is 5.07. The van der Waals surface area contributed by atoms with Crippen molar-refractivity contribution in [2.24, 2.45) is 0 Å². The maximum absolute atomic E-state index is 12.6. The molecule has 1 saturated heterocycles. The van der Waals surface area contributed by atoms with Crippen LogP contribution in [0, 0.1) is 6.92 Å². The van der Waals surface area contributed by atoms with E-state index in [1.807, 2.05) is 5.38 Å². The van der Waals surface area contributed by atoms with Crippen LogP contribution in [0.2, 0.25) is 0 Å². The monoisotopic (exact) mass is 367 g/mol. The zero-order valence-electron chi connectivity index (χ0n) is 13.7. The minimum atomic E-state index is -3.54. The summed E-state index contributed by atoms with van der Waals surface area (Å²) >= 11 is 1.58. The second kappa shape index (κ2) is 7.08. The molecule has 1 aromatic heterocycles. The number of nitrogens with one attached hydrogen (secondary N) is 1. The fraction of sp³-hybridized carbons (Fsp3) is 0.438. The minimum Gasteiger partial charge on any atom is -0.497 e. The normalized spacial score (nSPS) is 18.1. The molecule has 2 aromatic rings. The maximum atomic E-state index is 12.6. The van der Waals surface area contributed by atoms with Crippen LogP contribution in [0.1, 0.15) is 18.4 Å². The van der Waals surface area contributed by atoms with Gasteiger partial charge in [0.05, 0.1) is 12.0 Å². The summed E-state index contributed by atoms with van der Waals surface area (Å²) in [6, 6.07) is 5.12. The number of methoxy groups -OCH3 is 1. The third kappa shape index (κ3) is 3.55. The molecule has 0 bridgehead atoms. The molecule has 1 aliphatic heterocycles. The molecule has 24 heavy (non-hydrogen) atoms. The lowest BCUT2D eigenvalue weighted by atomic mass is 10.2. The number of anilines is 1. The van der Waals surface area contributed by atoms with Crippen LogP contribution in [0.4, 0.5) is 5.13 Å². The molecular weight excluding hydrogens is 346 g/mol. The molecule has 0 amide bonds. The molecule has 0 aliphatic carbocycles. The molecule has 130 valence electrons. The molecule has 6 nitrogen and oxygen atoms in total. The Hall–Kier alpha value is -1.64. The van der Waals surface area contributed by atoms with Crippen molar-refractivity contribution in [3.05, 3.63) is 35.3 Å². The smallest absolute Gasteiger partial charge is 0.240 e. The molecule has 1 atom stereocenters. The van der Waals surface area contributed by atoms with Crippen LogP contribution >= 0.6 is 11.3 Å². The summed E-state index contributed by atoms with van der Waals surface area (Å²) in [5, 5.41) is 2.90. The van der Waals surface area contributed by atoms with Crippen molar-refractivity contribution in [3.8, 4) is 5.75 Å². The number of aromatic nitrogens is 1. The van der Waals surface area contributed by atoms with E-state index in [1.54, 1.807) is 49.8 Å². The van der Waals surface area contributed by atoms with Gasteiger partial charge in [-0.1, -0.05) is 0 Å². The Labute approximate surface area is 146 Å². The summed E-state index contributed by atoms with van der Waals surface area (Å²) in [4.78, 5) is 6.82. The second-order valence-electron chi connectivity index (χ2n) is 5.79. The van der Waals surface area contributed by atoms with Crippen molar-refractivity contribution >= 4 is 26.5 Å². The van der Waals surface area contributed by atoms with E-state index in [1.165, 1.54) is 0 Å². The Morgan fingerprint density at radius 2 is 2.29 bits per heavy atom. The number of sulfonamides is 1. The van der Waals surface area contributed by atoms with Crippen LogP contribution in [-0.2, 0) is 10.0 Å². The average molecular weight is 367 g/mol. The van der Waals surface area contributed by atoms with Gasteiger partial charge in [0.25, 0.3) is 0 Å². The van der Waals surface area contributed by atoms with Gasteiger partial charge in [-0.15, -0.1) is 11.3 Å². The highest BCUT2D eigenvalue weighted by Crippen LogP contribution is 2.27. The third-order valence-electron chi connectivity index (χ3n) is 4.22. The summed E-state index contributed by atoms with van der Waals surface area (Å²) in [7, 11) is -1.98. The lowest BCUT2D eigenvalue weighted by Crippen LogP contribution is -2.40. The first kappa shape index (κ1) is 17.2. The topological polar surface area (TPSA) is 71.5 Å². The zero-order valence-corrected chi connectivity index (χ0v) is 15.4. The molecule has 1 aliphatic rings. The van der Waals surface area contributed by atoms with E-state index < -0.39 is 10.0 Å². The van der Waals surface area contributed by atoms with Crippen molar-refractivity contribution in [1.82, 2.24) is 9.71 Å².